The summed E-state index contributed by atoms with van der Waals surface area (Å²) in [6.07, 6.45) is 0.378. The van der Waals surface area contributed by atoms with Crippen molar-refractivity contribution in [3.8, 4) is 5.75 Å². The van der Waals surface area contributed by atoms with Crippen LogP contribution in [0.5, 0.6) is 5.75 Å². The van der Waals surface area contributed by atoms with Gasteiger partial charge in [0.15, 0.2) is 5.96 Å². The summed E-state index contributed by atoms with van der Waals surface area (Å²) in [7, 11) is 3.45. The summed E-state index contributed by atoms with van der Waals surface area (Å²) in [6, 6.07) is 15.4. The van der Waals surface area contributed by atoms with Gasteiger partial charge in [-0.15, -0.1) is 0 Å². The zero-order valence-electron chi connectivity index (χ0n) is 16.9. The summed E-state index contributed by atoms with van der Waals surface area (Å²) in [4.78, 5) is 21.1. The van der Waals surface area contributed by atoms with E-state index in [1.165, 1.54) is 0 Å². The molecule has 0 spiro atoms. The van der Waals surface area contributed by atoms with Gasteiger partial charge in [-0.25, -0.2) is 0 Å². The van der Waals surface area contributed by atoms with Crippen LogP contribution in [0.15, 0.2) is 53.5 Å². The fraction of sp³-hybridized carbons (Fsp3) is 0.364. The lowest BCUT2D eigenvalue weighted by Gasteiger charge is -2.36. The van der Waals surface area contributed by atoms with Crippen molar-refractivity contribution in [3.05, 3.63) is 64.7 Å². The third-order valence-corrected chi connectivity index (χ3v) is 5.21. The zero-order chi connectivity index (χ0) is 20.6. The summed E-state index contributed by atoms with van der Waals surface area (Å²) < 4.78 is 5.27. The van der Waals surface area contributed by atoms with Crippen LogP contribution in [0.3, 0.4) is 0 Å². The number of amides is 1. The van der Waals surface area contributed by atoms with Gasteiger partial charge in [0.2, 0.25) is 5.91 Å². The van der Waals surface area contributed by atoms with E-state index >= 15 is 0 Å². The quantitative estimate of drug-likeness (QED) is 0.603. The number of aliphatic imine (C=N–C) groups is 1. The van der Waals surface area contributed by atoms with Crippen LogP contribution in [-0.2, 0) is 17.8 Å². The number of carbonyl (C=O) groups is 1. The van der Waals surface area contributed by atoms with Crippen LogP contribution < -0.4 is 10.1 Å². The van der Waals surface area contributed by atoms with E-state index in [9.17, 15) is 4.79 Å². The monoisotopic (exact) mass is 414 g/mol. The van der Waals surface area contributed by atoms with Gasteiger partial charge in [0.05, 0.1) is 13.5 Å². The molecule has 0 unspecified atom stereocenters. The molecular weight excluding hydrogens is 388 g/mol. The third kappa shape index (κ3) is 5.87. The van der Waals surface area contributed by atoms with Gasteiger partial charge in [0, 0.05) is 44.8 Å². The first-order valence-electron chi connectivity index (χ1n) is 9.70. The van der Waals surface area contributed by atoms with E-state index in [1.54, 1.807) is 14.2 Å². The van der Waals surface area contributed by atoms with Crippen molar-refractivity contribution >= 4 is 23.5 Å². The molecule has 1 amide bonds. The molecule has 0 aliphatic carbocycles. The van der Waals surface area contributed by atoms with Crippen LogP contribution in [0.4, 0.5) is 0 Å². The van der Waals surface area contributed by atoms with Crippen molar-refractivity contribution in [2.45, 2.75) is 13.0 Å². The molecular formula is C22H27ClN4O2. The van der Waals surface area contributed by atoms with Crippen LogP contribution in [0, 0.1) is 0 Å². The molecule has 0 radical (unpaired) electrons. The molecule has 0 atom stereocenters. The highest BCUT2D eigenvalue weighted by molar-refractivity contribution is 6.30. The first-order chi connectivity index (χ1) is 14.1. The fourth-order valence-electron chi connectivity index (χ4n) is 3.40. The summed E-state index contributed by atoms with van der Waals surface area (Å²) in [5.41, 5.74) is 2.07. The summed E-state index contributed by atoms with van der Waals surface area (Å²) in [5.74, 6) is 1.81. The molecule has 0 saturated carbocycles. The number of hydrogen-bond donors (Lipinski definition) is 1. The van der Waals surface area contributed by atoms with Crippen LogP contribution in [0.25, 0.3) is 0 Å². The average molecular weight is 415 g/mol. The molecule has 7 heteroatoms. The highest BCUT2D eigenvalue weighted by atomic mass is 35.5. The predicted molar refractivity (Wildman–Crippen MR) is 117 cm³/mol. The minimum atomic E-state index is 0.131. The number of methoxy groups -OCH3 is 1. The van der Waals surface area contributed by atoms with E-state index in [0.29, 0.717) is 31.1 Å². The van der Waals surface area contributed by atoms with Crippen LogP contribution >= 0.6 is 11.6 Å². The Morgan fingerprint density at radius 3 is 2.45 bits per heavy atom. The molecule has 0 bridgehead atoms. The Morgan fingerprint density at radius 1 is 1.07 bits per heavy atom. The summed E-state index contributed by atoms with van der Waals surface area (Å²) >= 11 is 6.02. The summed E-state index contributed by atoms with van der Waals surface area (Å²) in [5, 5.41) is 4.06. The minimum absolute atomic E-state index is 0.131. The van der Waals surface area contributed by atoms with Crippen molar-refractivity contribution in [3.63, 3.8) is 0 Å². The van der Waals surface area contributed by atoms with Crippen molar-refractivity contribution in [1.29, 1.82) is 0 Å². The highest BCUT2D eigenvalue weighted by Crippen LogP contribution is 2.14. The second kappa shape index (κ2) is 10.2. The fourth-order valence-corrected chi connectivity index (χ4v) is 3.61. The second-order valence-corrected chi connectivity index (χ2v) is 7.36. The van der Waals surface area contributed by atoms with Gasteiger partial charge < -0.3 is 19.9 Å². The lowest BCUT2D eigenvalue weighted by molar-refractivity contribution is -0.131. The maximum absolute atomic E-state index is 12.6. The molecule has 1 heterocycles. The largest absolute Gasteiger partial charge is 0.497 e. The Hall–Kier alpha value is -2.73. The van der Waals surface area contributed by atoms with Gasteiger partial charge in [-0.2, -0.15) is 0 Å². The van der Waals surface area contributed by atoms with Gasteiger partial charge in [0.1, 0.15) is 5.75 Å². The van der Waals surface area contributed by atoms with Gasteiger partial charge in [-0.3, -0.25) is 9.79 Å². The van der Waals surface area contributed by atoms with E-state index in [0.717, 1.165) is 35.9 Å². The number of rotatable bonds is 5. The number of halogens is 1. The molecule has 6 nitrogen and oxygen atoms in total. The number of benzene rings is 2. The molecule has 2 aromatic carbocycles. The summed E-state index contributed by atoms with van der Waals surface area (Å²) in [6.45, 7) is 3.52. The molecule has 29 heavy (non-hydrogen) atoms. The standard InChI is InChI=1S/C22H27ClN4O2/c1-24-22(25-16-18-6-4-8-20(14-18)29-2)27-11-9-26(10-12-27)21(28)15-17-5-3-7-19(23)13-17/h3-8,13-14H,9-12,15-16H2,1-2H3,(H,24,25). The molecule has 1 aliphatic rings. The molecule has 1 saturated heterocycles. The first kappa shape index (κ1) is 21.0. The predicted octanol–water partition coefficient (Wildman–Crippen LogP) is 2.81. The van der Waals surface area contributed by atoms with E-state index in [-0.39, 0.29) is 5.91 Å². The normalized spacial score (nSPS) is 14.7. The van der Waals surface area contributed by atoms with Gasteiger partial charge in [-0.05, 0) is 35.4 Å². The third-order valence-electron chi connectivity index (χ3n) is 4.97. The van der Waals surface area contributed by atoms with Gasteiger partial charge >= 0.3 is 0 Å². The Labute approximate surface area is 177 Å². The number of carbonyl (C=O) groups excluding carboxylic acids is 1. The molecule has 1 aliphatic heterocycles. The van der Waals surface area contributed by atoms with Crippen molar-refractivity contribution < 1.29 is 9.53 Å². The molecule has 3 rings (SSSR count). The van der Waals surface area contributed by atoms with Crippen LogP contribution in [0.1, 0.15) is 11.1 Å². The first-order valence-corrected chi connectivity index (χ1v) is 10.1. The Kier molecular flexibility index (Phi) is 7.36. The number of nitrogens with zero attached hydrogens (tertiary/aromatic N) is 3. The number of guanidine groups is 1. The lowest BCUT2D eigenvalue weighted by atomic mass is 10.1. The number of hydrogen-bond acceptors (Lipinski definition) is 3. The smallest absolute Gasteiger partial charge is 0.227 e. The minimum Gasteiger partial charge on any atom is -0.497 e. The molecule has 2 aromatic rings. The zero-order valence-corrected chi connectivity index (χ0v) is 17.7. The number of ether oxygens (including phenoxy) is 1. The van der Waals surface area contributed by atoms with Crippen LogP contribution in [0.2, 0.25) is 5.02 Å². The van der Waals surface area contributed by atoms with E-state index in [1.807, 2.05) is 47.4 Å². The highest BCUT2D eigenvalue weighted by Gasteiger charge is 2.23. The second-order valence-electron chi connectivity index (χ2n) is 6.93. The van der Waals surface area contributed by atoms with Crippen molar-refractivity contribution in [2.75, 3.05) is 40.3 Å². The Morgan fingerprint density at radius 2 is 1.76 bits per heavy atom. The Balaban J connectivity index is 1.49. The maximum Gasteiger partial charge on any atom is 0.227 e. The SMILES string of the molecule is CN=C(NCc1cccc(OC)c1)N1CCN(C(=O)Cc2cccc(Cl)c2)CC1. The average Bonchev–Trinajstić information content (AvgIpc) is 2.75. The molecule has 1 N–H and O–H groups in total. The van der Waals surface area contributed by atoms with Gasteiger partial charge in [0.25, 0.3) is 0 Å². The number of piperazine rings is 1. The van der Waals surface area contributed by atoms with E-state index in [4.69, 9.17) is 16.3 Å². The topological polar surface area (TPSA) is 57.2 Å². The molecule has 1 fully saturated rings. The van der Waals surface area contributed by atoms with Crippen molar-refractivity contribution in [2.24, 2.45) is 4.99 Å². The lowest BCUT2D eigenvalue weighted by Crippen LogP contribution is -2.53. The number of nitrogens with one attached hydrogen (secondary N) is 1. The van der Waals surface area contributed by atoms with Gasteiger partial charge in [-0.1, -0.05) is 35.9 Å². The molecule has 154 valence electrons. The Bertz CT molecular complexity index is 863. The maximum atomic E-state index is 12.6. The van der Waals surface area contributed by atoms with Crippen molar-refractivity contribution in [1.82, 2.24) is 15.1 Å². The van der Waals surface area contributed by atoms with Crippen LogP contribution in [-0.4, -0.2) is 62.0 Å². The van der Waals surface area contributed by atoms with E-state index < -0.39 is 0 Å². The van der Waals surface area contributed by atoms with E-state index in [2.05, 4.69) is 21.3 Å². The molecule has 0 aromatic heterocycles.